The van der Waals surface area contributed by atoms with Gasteiger partial charge in [0.1, 0.15) is 0 Å². The second-order valence-corrected chi connectivity index (χ2v) is 5.04. The Balaban J connectivity index is 2.85. The number of nitrogens with one attached hydrogen (secondary N) is 2. The molecule has 4 nitrogen and oxygen atoms in total. The lowest BCUT2D eigenvalue weighted by molar-refractivity contribution is 0.0911. The van der Waals surface area contributed by atoms with Gasteiger partial charge in [-0.05, 0) is 32.8 Å². The zero-order chi connectivity index (χ0) is 13.6. The van der Waals surface area contributed by atoms with E-state index in [1.807, 2.05) is 19.9 Å². The van der Waals surface area contributed by atoms with Crippen LogP contribution in [-0.2, 0) is 0 Å². The van der Waals surface area contributed by atoms with Gasteiger partial charge in [-0.2, -0.15) is 0 Å². The number of amides is 1. The van der Waals surface area contributed by atoms with Crippen molar-refractivity contribution in [2.75, 3.05) is 11.9 Å². The average Bonchev–Trinajstić information content (AvgIpc) is 2.36. The third-order valence-electron chi connectivity index (χ3n) is 2.97. The smallest absolute Gasteiger partial charge is 0.255 e. The quantitative estimate of drug-likeness (QED) is 0.815. The number of hydrogen-bond acceptors (Lipinski definition) is 3. The number of carbonyl (C=O) groups excluding carboxylic acids is 1. The lowest BCUT2D eigenvalue weighted by Crippen LogP contribution is -2.43. The molecule has 1 amide bonds. The van der Waals surface area contributed by atoms with Crippen molar-refractivity contribution < 1.29 is 4.79 Å². The predicted molar refractivity (Wildman–Crippen MR) is 74.9 cm³/mol. The van der Waals surface area contributed by atoms with Crippen LogP contribution in [0.1, 0.15) is 50.9 Å². The predicted octanol–water partition coefficient (Wildman–Crippen LogP) is 2.82. The van der Waals surface area contributed by atoms with E-state index in [1.165, 1.54) is 0 Å². The number of carbonyl (C=O) groups is 1. The molecule has 0 saturated heterocycles. The summed E-state index contributed by atoms with van der Waals surface area (Å²) in [5, 5.41) is 6.27. The van der Waals surface area contributed by atoms with E-state index in [0.29, 0.717) is 5.56 Å². The monoisotopic (exact) mass is 249 g/mol. The van der Waals surface area contributed by atoms with E-state index in [-0.39, 0.29) is 11.4 Å². The van der Waals surface area contributed by atoms with Gasteiger partial charge in [0.2, 0.25) is 0 Å². The summed E-state index contributed by atoms with van der Waals surface area (Å²) in [5.74, 6) is -0.0754. The lowest BCUT2D eigenvalue weighted by Gasteiger charge is -2.25. The Morgan fingerprint density at radius 1 is 1.39 bits per heavy atom. The van der Waals surface area contributed by atoms with E-state index >= 15 is 0 Å². The summed E-state index contributed by atoms with van der Waals surface area (Å²) < 4.78 is 0. The Morgan fingerprint density at radius 2 is 2.11 bits per heavy atom. The van der Waals surface area contributed by atoms with Gasteiger partial charge >= 0.3 is 0 Å². The van der Waals surface area contributed by atoms with Gasteiger partial charge in [0.05, 0.1) is 11.3 Å². The number of nitrogens with zero attached hydrogens (tertiary/aromatic N) is 1. The van der Waals surface area contributed by atoms with Crippen molar-refractivity contribution in [1.82, 2.24) is 10.3 Å². The van der Waals surface area contributed by atoms with Crippen molar-refractivity contribution in [2.45, 2.75) is 46.1 Å². The summed E-state index contributed by atoms with van der Waals surface area (Å²) in [6, 6.07) is 1.84. The highest BCUT2D eigenvalue weighted by Gasteiger charge is 2.20. The molecule has 2 N–H and O–H groups in total. The van der Waals surface area contributed by atoms with E-state index in [9.17, 15) is 4.79 Å². The van der Waals surface area contributed by atoms with Crippen molar-refractivity contribution in [3.8, 4) is 0 Å². The van der Waals surface area contributed by atoms with Crippen LogP contribution in [0.3, 0.4) is 0 Å². The Kier molecular flexibility index (Phi) is 5.13. The first-order chi connectivity index (χ1) is 8.50. The topological polar surface area (TPSA) is 54.0 Å². The van der Waals surface area contributed by atoms with Gasteiger partial charge in [0.25, 0.3) is 5.91 Å². The van der Waals surface area contributed by atoms with Crippen LogP contribution < -0.4 is 10.6 Å². The molecule has 1 heterocycles. The van der Waals surface area contributed by atoms with Crippen molar-refractivity contribution in [3.05, 3.63) is 24.0 Å². The van der Waals surface area contributed by atoms with Crippen LogP contribution in [0.25, 0.3) is 0 Å². The second kappa shape index (κ2) is 6.38. The molecule has 0 bridgehead atoms. The maximum Gasteiger partial charge on any atom is 0.255 e. The van der Waals surface area contributed by atoms with Crippen LogP contribution in [0.4, 0.5) is 5.69 Å². The molecule has 4 heteroatoms. The zero-order valence-electron chi connectivity index (χ0n) is 11.7. The molecule has 0 aliphatic carbocycles. The van der Waals surface area contributed by atoms with E-state index in [0.717, 1.165) is 25.1 Å². The second-order valence-electron chi connectivity index (χ2n) is 5.04. The number of pyridine rings is 1. The van der Waals surface area contributed by atoms with Gasteiger partial charge in [0, 0.05) is 24.5 Å². The van der Waals surface area contributed by atoms with Gasteiger partial charge in [-0.15, -0.1) is 0 Å². The summed E-state index contributed by atoms with van der Waals surface area (Å²) >= 11 is 0. The first-order valence-electron chi connectivity index (χ1n) is 6.50. The molecule has 0 saturated carbocycles. The third kappa shape index (κ3) is 4.02. The fourth-order valence-corrected chi connectivity index (χ4v) is 1.45. The normalized spacial score (nSPS) is 11.1. The van der Waals surface area contributed by atoms with E-state index < -0.39 is 0 Å². The molecule has 0 aliphatic rings. The first-order valence-corrected chi connectivity index (χ1v) is 6.50. The zero-order valence-corrected chi connectivity index (χ0v) is 11.7. The largest absolute Gasteiger partial charge is 0.384 e. The van der Waals surface area contributed by atoms with E-state index in [4.69, 9.17) is 0 Å². The number of anilines is 1. The molecule has 0 aromatic carbocycles. The summed E-state index contributed by atoms with van der Waals surface area (Å²) in [7, 11) is 0. The molecule has 1 rings (SSSR count). The highest BCUT2D eigenvalue weighted by atomic mass is 16.1. The van der Waals surface area contributed by atoms with Crippen molar-refractivity contribution >= 4 is 11.6 Å². The van der Waals surface area contributed by atoms with Crippen LogP contribution >= 0.6 is 0 Å². The van der Waals surface area contributed by atoms with Crippen LogP contribution in [0, 0.1) is 0 Å². The number of rotatable bonds is 6. The Labute approximate surface area is 109 Å². The van der Waals surface area contributed by atoms with Crippen LogP contribution in [0.2, 0.25) is 0 Å². The average molecular weight is 249 g/mol. The molecule has 1 aromatic heterocycles. The maximum atomic E-state index is 12.2. The summed E-state index contributed by atoms with van der Waals surface area (Å²) in [6.07, 6.45) is 5.21. The lowest BCUT2D eigenvalue weighted by atomic mass is 10.0. The fraction of sp³-hybridized carbons (Fsp3) is 0.571. The molecule has 0 aliphatic heterocycles. The van der Waals surface area contributed by atoms with Crippen LogP contribution in [-0.4, -0.2) is 23.0 Å². The third-order valence-corrected chi connectivity index (χ3v) is 2.97. The molecule has 0 unspecified atom stereocenters. The summed E-state index contributed by atoms with van der Waals surface area (Å²) in [6.45, 7) is 9.02. The van der Waals surface area contributed by atoms with Crippen molar-refractivity contribution in [2.24, 2.45) is 0 Å². The summed E-state index contributed by atoms with van der Waals surface area (Å²) in [5.41, 5.74) is 1.25. The van der Waals surface area contributed by atoms with Gasteiger partial charge in [0.15, 0.2) is 0 Å². The molecule has 0 fully saturated rings. The molecule has 0 radical (unpaired) electrons. The van der Waals surface area contributed by atoms with Gasteiger partial charge < -0.3 is 10.6 Å². The first kappa shape index (κ1) is 14.5. The Bertz CT molecular complexity index is 402. The minimum atomic E-state index is -0.199. The minimum Gasteiger partial charge on any atom is -0.384 e. The van der Waals surface area contributed by atoms with Gasteiger partial charge in [-0.3, -0.25) is 9.78 Å². The molecule has 100 valence electrons. The number of aromatic nitrogens is 1. The van der Waals surface area contributed by atoms with Crippen LogP contribution in [0.5, 0.6) is 0 Å². The molecule has 0 spiro atoms. The minimum absolute atomic E-state index is 0.0754. The van der Waals surface area contributed by atoms with Crippen LogP contribution in [0.15, 0.2) is 18.5 Å². The highest BCUT2D eigenvalue weighted by molar-refractivity contribution is 5.99. The van der Waals surface area contributed by atoms with Crippen molar-refractivity contribution in [3.63, 3.8) is 0 Å². The molecular weight excluding hydrogens is 226 g/mol. The van der Waals surface area contributed by atoms with Crippen molar-refractivity contribution in [1.29, 1.82) is 0 Å². The van der Waals surface area contributed by atoms with E-state index in [2.05, 4.69) is 29.5 Å². The van der Waals surface area contributed by atoms with Gasteiger partial charge in [-0.1, -0.05) is 13.8 Å². The fourth-order valence-electron chi connectivity index (χ4n) is 1.45. The standard InChI is InChI=1S/C14H23N3O/c1-5-8-16-12-7-9-15-10-11(12)13(18)17-14(3,4)6-2/h7,9-10H,5-6,8H2,1-4H3,(H,15,16)(H,17,18). The SMILES string of the molecule is CCCNc1ccncc1C(=O)NC(C)(C)CC. The van der Waals surface area contributed by atoms with E-state index in [1.54, 1.807) is 12.4 Å². The molecule has 18 heavy (non-hydrogen) atoms. The highest BCUT2D eigenvalue weighted by Crippen LogP contribution is 2.16. The number of hydrogen-bond donors (Lipinski definition) is 2. The molecule has 1 aromatic rings. The Morgan fingerprint density at radius 3 is 2.72 bits per heavy atom. The Hall–Kier alpha value is -1.58. The maximum absolute atomic E-state index is 12.2. The summed E-state index contributed by atoms with van der Waals surface area (Å²) in [4.78, 5) is 16.2. The van der Waals surface area contributed by atoms with Gasteiger partial charge in [-0.25, -0.2) is 0 Å². The molecular formula is C14H23N3O. The molecule has 0 atom stereocenters.